The second-order valence-corrected chi connectivity index (χ2v) is 4.38. The lowest BCUT2D eigenvalue weighted by Gasteiger charge is -2.10. The minimum atomic E-state index is 0.188. The molecule has 0 aliphatic rings. The predicted molar refractivity (Wildman–Crippen MR) is 73.9 cm³/mol. The maximum absolute atomic E-state index is 8.70. The summed E-state index contributed by atoms with van der Waals surface area (Å²) in [4.78, 5) is 10.4. The number of aliphatic hydroxyl groups excluding tert-OH is 1. The zero-order valence-corrected chi connectivity index (χ0v) is 11.2. The van der Waals surface area contributed by atoms with Gasteiger partial charge in [-0.1, -0.05) is 0 Å². The van der Waals surface area contributed by atoms with Crippen LogP contribution in [0.15, 0.2) is 12.4 Å². The van der Waals surface area contributed by atoms with Crippen molar-refractivity contribution in [2.75, 3.05) is 51.0 Å². The summed E-state index contributed by atoms with van der Waals surface area (Å²) in [5.41, 5.74) is 0. The third-order valence-electron chi connectivity index (χ3n) is 2.40. The SMILES string of the molecule is CN(C)CCCNc1cc(NCCCO)ncn1. The number of hydrogen-bond donors (Lipinski definition) is 3. The van der Waals surface area contributed by atoms with Crippen LogP contribution in [0.25, 0.3) is 0 Å². The van der Waals surface area contributed by atoms with Gasteiger partial charge in [-0.2, -0.15) is 0 Å². The van der Waals surface area contributed by atoms with Gasteiger partial charge >= 0.3 is 0 Å². The number of aliphatic hydroxyl groups is 1. The average molecular weight is 253 g/mol. The van der Waals surface area contributed by atoms with Gasteiger partial charge in [0.05, 0.1) is 0 Å². The maximum atomic E-state index is 8.70. The summed E-state index contributed by atoms with van der Waals surface area (Å²) in [5, 5.41) is 15.1. The van der Waals surface area contributed by atoms with Gasteiger partial charge in [0, 0.05) is 25.8 Å². The normalized spacial score (nSPS) is 10.7. The van der Waals surface area contributed by atoms with Crippen LogP contribution in [-0.2, 0) is 0 Å². The highest BCUT2D eigenvalue weighted by atomic mass is 16.3. The minimum absolute atomic E-state index is 0.188. The number of nitrogens with one attached hydrogen (secondary N) is 2. The van der Waals surface area contributed by atoms with E-state index < -0.39 is 0 Å². The van der Waals surface area contributed by atoms with Crippen LogP contribution in [0, 0.1) is 0 Å². The van der Waals surface area contributed by atoms with Gasteiger partial charge in [0.2, 0.25) is 0 Å². The maximum Gasteiger partial charge on any atom is 0.131 e. The lowest BCUT2D eigenvalue weighted by Crippen LogP contribution is -2.16. The number of nitrogens with zero attached hydrogens (tertiary/aromatic N) is 3. The van der Waals surface area contributed by atoms with E-state index in [1.807, 2.05) is 6.07 Å². The van der Waals surface area contributed by atoms with E-state index in [9.17, 15) is 0 Å². The van der Waals surface area contributed by atoms with Crippen LogP contribution in [0.4, 0.5) is 11.6 Å². The Labute approximate surface area is 108 Å². The van der Waals surface area contributed by atoms with E-state index in [0.717, 1.165) is 37.6 Å². The zero-order chi connectivity index (χ0) is 13.2. The smallest absolute Gasteiger partial charge is 0.131 e. The Hall–Kier alpha value is -1.40. The molecule has 0 radical (unpaired) electrons. The Bertz CT molecular complexity index is 332. The minimum Gasteiger partial charge on any atom is -0.396 e. The molecular formula is C12H23N5O. The lowest BCUT2D eigenvalue weighted by atomic mass is 10.4. The third-order valence-corrected chi connectivity index (χ3v) is 2.40. The first-order chi connectivity index (χ1) is 8.72. The molecule has 18 heavy (non-hydrogen) atoms. The summed E-state index contributed by atoms with van der Waals surface area (Å²) < 4.78 is 0. The monoisotopic (exact) mass is 253 g/mol. The van der Waals surface area contributed by atoms with E-state index in [-0.39, 0.29) is 6.61 Å². The molecule has 0 aromatic carbocycles. The Balaban J connectivity index is 2.30. The molecule has 0 aliphatic heterocycles. The highest BCUT2D eigenvalue weighted by Gasteiger charge is 1.98. The molecule has 102 valence electrons. The summed E-state index contributed by atoms with van der Waals surface area (Å²) in [6.45, 7) is 2.85. The molecule has 0 spiro atoms. The van der Waals surface area contributed by atoms with Crippen LogP contribution >= 0.6 is 0 Å². The fourth-order valence-corrected chi connectivity index (χ4v) is 1.46. The molecule has 0 saturated heterocycles. The first-order valence-electron chi connectivity index (χ1n) is 6.27. The molecule has 0 bridgehead atoms. The van der Waals surface area contributed by atoms with Crippen molar-refractivity contribution in [3.05, 3.63) is 12.4 Å². The summed E-state index contributed by atoms with van der Waals surface area (Å²) in [7, 11) is 4.13. The van der Waals surface area contributed by atoms with Crippen molar-refractivity contribution in [3.63, 3.8) is 0 Å². The molecule has 6 heteroatoms. The van der Waals surface area contributed by atoms with Crippen molar-refractivity contribution in [3.8, 4) is 0 Å². The van der Waals surface area contributed by atoms with E-state index in [0.29, 0.717) is 6.54 Å². The quantitative estimate of drug-likeness (QED) is 0.561. The highest BCUT2D eigenvalue weighted by molar-refractivity contribution is 5.46. The van der Waals surface area contributed by atoms with Gasteiger partial charge in [0.15, 0.2) is 0 Å². The fourth-order valence-electron chi connectivity index (χ4n) is 1.46. The molecule has 6 nitrogen and oxygen atoms in total. The topological polar surface area (TPSA) is 73.3 Å². The van der Waals surface area contributed by atoms with Crippen molar-refractivity contribution in [1.82, 2.24) is 14.9 Å². The van der Waals surface area contributed by atoms with E-state index >= 15 is 0 Å². The van der Waals surface area contributed by atoms with Crippen LogP contribution in [0.2, 0.25) is 0 Å². The average Bonchev–Trinajstić information content (AvgIpc) is 2.35. The van der Waals surface area contributed by atoms with Gasteiger partial charge < -0.3 is 20.6 Å². The Kier molecular flexibility index (Phi) is 7.05. The summed E-state index contributed by atoms with van der Waals surface area (Å²) in [6.07, 6.45) is 3.33. The molecule has 1 rings (SSSR count). The molecule has 1 aromatic rings. The van der Waals surface area contributed by atoms with Crippen molar-refractivity contribution in [2.45, 2.75) is 12.8 Å². The van der Waals surface area contributed by atoms with Gasteiger partial charge in [-0.25, -0.2) is 9.97 Å². The Morgan fingerprint density at radius 2 is 1.72 bits per heavy atom. The molecule has 0 amide bonds. The molecule has 0 fully saturated rings. The lowest BCUT2D eigenvalue weighted by molar-refractivity contribution is 0.292. The number of hydrogen-bond acceptors (Lipinski definition) is 6. The van der Waals surface area contributed by atoms with E-state index in [1.54, 1.807) is 0 Å². The summed E-state index contributed by atoms with van der Waals surface area (Å²) >= 11 is 0. The molecule has 0 saturated carbocycles. The molecule has 0 atom stereocenters. The largest absolute Gasteiger partial charge is 0.396 e. The van der Waals surface area contributed by atoms with Gasteiger partial charge in [-0.15, -0.1) is 0 Å². The third kappa shape index (κ3) is 6.36. The molecule has 0 aliphatic carbocycles. The first kappa shape index (κ1) is 14.7. The Morgan fingerprint density at radius 1 is 1.11 bits per heavy atom. The van der Waals surface area contributed by atoms with Crippen molar-refractivity contribution in [2.24, 2.45) is 0 Å². The number of aromatic nitrogens is 2. The van der Waals surface area contributed by atoms with Crippen LogP contribution in [0.5, 0.6) is 0 Å². The first-order valence-corrected chi connectivity index (χ1v) is 6.27. The number of anilines is 2. The highest BCUT2D eigenvalue weighted by Crippen LogP contribution is 2.08. The van der Waals surface area contributed by atoms with Crippen molar-refractivity contribution < 1.29 is 5.11 Å². The second-order valence-electron chi connectivity index (χ2n) is 4.38. The van der Waals surface area contributed by atoms with E-state index in [4.69, 9.17) is 5.11 Å². The molecular weight excluding hydrogens is 230 g/mol. The predicted octanol–water partition coefficient (Wildman–Crippen LogP) is 0.634. The molecule has 1 heterocycles. The van der Waals surface area contributed by atoms with Gasteiger partial charge in [-0.3, -0.25) is 0 Å². The van der Waals surface area contributed by atoms with Crippen molar-refractivity contribution >= 4 is 11.6 Å². The molecule has 3 N–H and O–H groups in total. The second kappa shape index (κ2) is 8.66. The van der Waals surface area contributed by atoms with Gasteiger partial charge in [0.1, 0.15) is 18.0 Å². The van der Waals surface area contributed by atoms with Crippen LogP contribution in [0.1, 0.15) is 12.8 Å². The standard InChI is InChI=1S/C12H23N5O/c1-17(2)7-3-5-13-11-9-12(16-10-15-11)14-6-4-8-18/h9-10,18H,3-8H2,1-2H3,(H2,13,14,15,16). The summed E-state index contributed by atoms with van der Waals surface area (Å²) in [6, 6.07) is 1.88. The Morgan fingerprint density at radius 3 is 2.28 bits per heavy atom. The van der Waals surface area contributed by atoms with Crippen LogP contribution < -0.4 is 10.6 Å². The van der Waals surface area contributed by atoms with Crippen LogP contribution in [0.3, 0.4) is 0 Å². The fraction of sp³-hybridized carbons (Fsp3) is 0.667. The van der Waals surface area contributed by atoms with Gasteiger partial charge in [0.25, 0.3) is 0 Å². The number of rotatable bonds is 9. The molecule has 0 unspecified atom stereocenters. The van der Waals surface area contributed by atoms with E-state index in [2.05, 4.69) is 39.6 Å². The van der Waals surface area contributed by atoms with Gasteiger partial charge in [-0.05, 0) is 33.5 Å². The zero-order valence-electron chi connectivity index (χ0n) is 11.2. The van der Waals surface area contributed by atoms with Crippen LogP contribution in [-0.4, -0.2) is 60.3 Å². The molecule has 1 aromatic heterocycles. The van der Waals surface area contributed by atoms with Crippen molar-refractivity contribution in [1.29, 1.82) is 0 Å². The summed E-state index contributed by atoms with van der Waals surface area (Å²) in [5.74, 6) is 1.61. The van der Waals surface area contributed by atoms with E-state index in [1.165, 1.54) is 6.33 Å².